The number of hydrogen-bond donors (Lipinski definition) is 21. The normalized spacial score (nSPS) is 9.07. The zero-order chi connectivity index (χ0) is 90.7. The molecule has 0 heterocycles. The molecule has 0 saturated heterocycles. The summed E-state index contributed by atoms with van der Waals surface area (Å²) in [6.45, 7) is -1.40. The molecule has 0 atom stereocenters. The van der Waals surface area contributed by atoms with Crippen molar-refractivity contribution in [2.75, 3.05) is 126 Å². The number of rotatable bonds is 54. The molecule has 0 aliphatic carbocycles. The predicted octanol–water partition coefficient (Wildman–Crippen LogP) is -41.3. The van der Waals surface area contributed by atoms with Crippen LogP contribution in [-0.4, -0.2) is 385 Å². The Morgan fingerprint density at radius 1 is 0.252 bits per heavy atom. The van der Waals surface area contributed by atoms with Gasteiger partial charge in [0.25, 0.3) is 0 Å². The maximum Gasteiger partial charge on any atom is 1.00 e. The molecule has 0 spiro atoms. The van der Waals surface area contributed by atoms with Gasteiger partial charge in [-0.3, -0.25) is 28.8 Å². The molecule has 0 aromatic carbocycles. The topological polar surface area (TPSA) is 1020 Å². The van der Waals surface area contributed by atoms with Crippen molar-refractivity contribution in [2.45, 2.75) is 220 Å². The number of carboxylic acid groups (broad SMARTS) is 18. The van der Waals surface area contributed by atoms with Crippen LogP contribution in [0, 0.1) is 5.92 Å². The van der Waals surface area contributed by atoms with Gasteiger partial charge in [0.1, 0.15) is 16.8 Å². The first-order valence-electron chi connectivity index (χ1n) is 31.1. The molecule has 135 heavy (non-hydrogen) atoms. The van der Waals surface area contributed by atoms with Gasteiger partial charge in [0, 0.05) is 101 Å². The van der Waals surface area contributed by atoms with E-state index in [1.807, 2.05) is 18.9 Å². The molecular formula is C71H142NNa9O54. The smallest absolute Gasteiger partial charge is 0.550 e. The second-order valence-corrected chi connectivity index (χ2v) is 21.7. The Labute approximate surface area is 986 Å². The number of aliphatic carboxylic acids is 18. The molecule has 0 unspecified atom stereocenters. The summed E-state index contributed by atoms with van der Waals surface area (Å²) in [5.41, 5.74) is -15.2. The zero-order valence-electron chi connectivity index (χ0n) is 69.6. The van der Waals surface area contributed by atoms with Crippen LogP contribution in [-0.2, 0) is 110 Å². The summed E-state index contributed by atoms with van der Waals surface area (Å²) in [6, 6.07) is 0. The van der Waals surface area contributed by atoms with E-state index in [9.17, 15) is 132 Å². The molecule has 55 nitrogen and oxygen atoms in total. The third-order valence-corrected chi connectivity index (χ3v) is 12.2. The molecule has 0 amide bonds. The van der Waals surface area contributed by atoms with Gasteiger partial charge in [-0.2, -0.15) is 0 Å². The number of aliphatic hydroxyl groups is 12. The minimum atomic E-state index is -2.97. The number of hydrogen-bond acceptors (Lipinski definition) is 45. The number of carbonyl (C=O) groups excluding carboxylic acids is 9. The molecule has 0 bridgehead atoms. The minimum Gasteiger partial charge on any atom is -0.550 e. The van der Waals surface area contributed by atoms with E-state index in [0.717, 1.165) is 12.8 Å². The van der Waals surface area contributed by atoms with Crippen molar-refractivity contribution in [1.29, 1.82) is 0 Å². The van der Waals surface area contributed by atoms with Crippen molar-refractivity contribution in [3.05, 3.63) is 0 Å². The van der Waals surface area contributed by atoms with Crippen LogP contribution < -0.4 is 312 Å². The van der Waals surface area contributed by atoms with Gasteiger partial charge >= 0.3 is 320 Å². The molecule has 0 rings (SSSR count). The molecule has 0 saturated carbocycles. The van der Waals surface area contributed by atoms with Crippen LogP contribution in [0.2, 0.25) is 0 Å². The summed E-state index contributed by atoms with van der Waals surface area (Å²) in [4.78, 5) is 190. The number of carboxylic acids is 18. The second kappa shape index (κ2) is 133. The van der Waals surface area contributed by atoms with Gasteiger partial charge in [0.2, 0.25) is 0 Å². The third kappa shape index (κ3) is 129. The van der Waals surface area contributed by atoms with Crippen molar-refractivity contribution in [3.63, 3.8) is 0 Å². The Morgan fingerprint density at radius 3 is 0.504 bits per heavy atom. The van der Waals surface area contributed by atoms with E-state index < -0.39 is 284 Å². The van der Waals surface area contributed by atoms with Gasteiger partial charge in [-0.25, -0.2) is 14.4 Å². The first kappa shape index (κ1) is 223. The summed E-state index contributed by atoms with van der Waals surface area (Å²) < 4.78 is 23.0. The molecule has 0 radical (unpaired) electrons. The van der Waals surface area contributed by atoms with E-state index in [4.69, 9.17) is 107 Å². The summed E-state index contributed by atoms with van der Waals surface area (Å²) in [5, 5.41) is 270. The quantitative estimate of drug-likeness (QED) is 0.0251. The molecular weight excluding hydrogens is 1940 g/mol. The van der Waals surface area contributed by atoms with Gasteiger partial charge in [-0.15, -0.1) is 0 Å². The van der Waals surface area contributed by atoms with Gasteiger partial charge in [0.05, 0.1) is 149 Å². The van der Waals surface area contributed by atoms with Crippen LogP contribution in [0.25, 0.3) is 0 Å². The number of nitrogens with zero attached hydrogens (tertiary/aromatic N) is 1. The molecule has 23 N–H and O–H groups in total. The Hall–Kier alpha value is -1.30. The van der Waals surface area contributed by atoms with Crippen molar-refractivity contribution >= 4 is 107 Å². The van der Waals surface area contributed by atoms with Crippen molar-refractivity contribution in [2.24, 2.45) is 5.92 Å². The fraction of sp³-hybridized carbons (Fsp3) is 0.746. The van der Waals surface area contributed by atoms with E-state index >= 15 is 0 Å². The standard InChI is InChI=1S/5C8H12O8.C6H8O7.C6H14O2.C5H13NO2.C2H6O2.12CH4.9Na.H2O/c5*9-1-2-16-8(7(14)15,3-5(10)11)4-6(12)13;7-3(8)1-6(13,5(11)12)2-4(9)10;2*1-6(2-4-7)3-5-8;3-1-2-4;;;;;;;;;;;;;;;;;;;;;;/h5*9H,1-4H2,(H,10,11)(H,12,13)(H,14,15);13H,1-2H2,(H,7,8)(H,9,10)(H,11,12);6-8H,2-5H2,1H3;7-8H,2-5H2,1H3;3-4H,1-2H2;12*1H4;;;;;;;;;;1H2/q;;;;;;;;;;;;;;;;;;;;;9*+1;/p-9. The Kier molecular flexibility index (Phi) is 219. The maximum absolute atomic E-state index is 10.9. The Balaban J connectivity index is -0.0000000309. The van der Waals surface area contributed by atoms with Crippen LogP contribution in [0.5, 0.6) is 0 Å². The van der Waals surface area contributed by atoms with Crippen LogP contribution in [0.3, 0.4) is 0 Å². The molecule has 0 aliphatic rings. The Morgan fingerprint density at radius 2 is 0.407 bits per heavy atom. The zero-order valence-corrected chi connectivity index (χ0v) is 87.6. The van der Waals surface area contributed by atoms with Gasteiger partial charge in [0.15, 0.2) is 16.8 Å². The number of carbonyl (C=O) groups is 18. The molecule has 0 aromatic heterocycles. The second-order valence-electron chi connectivity index (χ2n) is 21.7. The SMILES string of the molecule is C.C.C.C.C.C.C.C.C.C.C.C.CC(CCO)CCO.CN(CCO)CCO.O.O=C(O)CC(CC(=O)O)(OCCO)C(=O)O.O=C(O)CC(CC(=O)O)(OCCO)C(=O)O.O=C(O)CC(CC(=O)O)(OCCO)C(=O)O.O=C([O-])CC(CC(=O)[O-])(OCCO)C(=O)[O-].O=C([O-])CC(CC(=O)[O-])(OCCO)C(=O)[O-].O=C([O-])CC(O)(CC(=O)[O-])C(=O)[O-].OCCO.[Na+].[Na+].[Na+].[Na+].[Na+].[Na+].[Na+].[Na+].[Na+]. The minimum absolute atomic E-state index is 0. The molecule has 0 fully saturated rings. The largest absolute Gasteiger partial charge is 1.00 e. The number of ether oxygens (including phenoxy) is 5. The van der Waals surface area contributed by atoms with Gasteiger partial charge < -0.3 is 230 Å². The van der Waals surface area contributed by atoms with Crippen molar-refractivity contribution in [1.82, 2.24) is 4.90 Å². The first-order chi connectivity index (χ1) is 52.0. The van der Waals surface area contributed by atoms with E-state index in [1.165, 1.54) is 0 Å². The predicted molar refractivity (Wildman–Crippen MR) is 416 cm³/mol. The molecule has 64 heteroatoms. The average Bonchev–Trinajstić information content (AvgIpc) is 0.847. The summed E-state index contributed by atoms with van der Waals surface area (Å²) >= 11 is 0. The van der Waals surface area contributed by atoms with Gasteiger partial charge in [-0.05, 0) is 25.8 Å². The third-order valence-electron chi connectivity index (χ3n) is 12.2. The summed E-state index contributed by atoms with van der Waals surface area (Å²) in [5.74, 6) is -30.9. The van der Waals surface area contributed by atoms with E-state index in [-0.39, 0.29) is 400 Å². The summed E-state index contributed by atoms with van der Waals surface area (Å²) in [7, 11) is 1.85. The van der Waals surface area contributed by atoms with Crippen LogP contribution in [0.1, 0.15) is 186 Å². The van der Waals surface area contributed by atoms with Crippen LogP contribution in [0.15, 0.2) is 0 Å². The number of aliphatic hydroxyl groups excluding tert-OH is 11. The average molecular weight is 2080 g/mol. The number of likely N-dealkylation sites (N-methyl/N-ethyl adjacent to an activating group) is 1. The maximum atomic E-state index is 10.9. The first-order valence-corrected chi connectivity index (χ1v) is 31.1. The monoisotopic (exact) mass is 2080 g/mol. The van der Waals surface area contributed by atoms with E-state index in [0.29, 0.717) is 19.0 Å². The van der Waals surface area contributed by atoms with Gasteiger partial charge in [-0.1, -0.05) is 96.0 Å². The molecule has 764 valence electrons. The summed E-state index contributed by atoms with van der Waals surface area (Å²) in [6.07, 6.45) is -11.9. The van der Waals surface area contributed by atoms with Crippen LogP contribution >= 0.6 is 0 Å². The fourth-order valence-corrected chi connectivity index (χ4v) is 7.19. The van der Waals surface area contributed by atoms with E-state index in [2.05, 4.69) is 23.7 Å². The van der Waals surface area contributed by atoms with E-state index in [1.54, 1.807) is 0 Å². The van der Waals surface area contributed by atoms with Crippen molar-refractivity contribution in [3.8, 4) is 0 Å². The van der Waals surface area contributed by atoms with Crippen molar-refractivity contribution < 1.29 is 535 Å². The Bertz CT molecular complexity index is 2460. The van der Waals surface area contributed by atoms with Crippen LogP contribution in [0.4, 0.5) is 0 Å². The molecule has 0 aliphatic heterocycles. The molecule has 0 aromatic rings. The fourth-order valence-electron chi connectivity index (χ4n) is 7.19.